The predicted octanol–water partition coefficient (Wildman–Crippen LogP) is 22.8. The largest absolute Gasteiger partial charge is 0.462 e. The Bertz CT molecular complexity index is 1150. The number of rotatable bonds is 63. The Hall–Kier alpha value is -1.85. The van der Waals surface area contributed by atoms with Crippen LogP contribution in [-0.4, -0.2) is 37.2 Å². The van der Waals surface area contributed by atoms with Crippen LogP contribution in [0.1, 0.15) is 387 Å². The maximum Gasteiger partial charge on any atom is 0.306 e. The van der Waals surface area contributed by atoms with Gasteiger partial charge in [0.15, 0.2) is 6.10 Å². The standard InChI is InChI=1S/C68H130O6/c1-4-7-10-13-16-19-21-23-25-27-28-29-30-31-32-33-34-35-36-37-38-39-40-41-43-44-46-49-52-55-58-61-67(70)73-64-65(63-72-66(69)60-57-54-51-48-18-15-12-9-6-3)74-68(71)62-59-56-53-50-47-45-42-26-24-22-20-17-14-11-8-5-2/h27-28,65H,4-26,29-64H2,1-3H3/b28-27-. The van der Waals surface area contributed by atoms with Crippen molar-refractivity contribution in [3.05, 3.63) is 12.2 Å². The molecule has 0 spiro atoms. The zero-order valence-electron chi connectivity index (χ0n) is 50.4. The van der Waals surface area contributed by atoms with Crippen molar-refractivity contribution in [2.45, 2.75) is 393 Å². The number of hydrogen-bond donors (Lipinski definition) is 0. The first-order chi connectivity index (χ1) is 36.5. The molecule has 0 saturated carbocycles. The number of ether oxygens (including phenoxy) is 3. The van der Waals surface area contributed by atoms with E-state index in [2.05, 4.69) is 32.9 Å². The number of unbranched alkanes of at least 4 members (excludes halogenated alkanes) is 50. The Balaban J connectivity index is 4.02. The second-order valence-corrected chi connectivity index (χ2v) is 23.1. The predicted molar refractivity (Wildman–Crippen MR) is 321 cm³/mol. The molecule has 0 aromatic rings. The summed E-state index contributed by atoms with van der Waals surface area (Å²) in [5, 5.41) is 0. The molecule has 0 radical (unpaired) electrons. The third kappa shape index (κ3) is 61.0. The quantitative estimate of drug-likeness (QED) is 0.0261. The number of esters is 3. The van der Waals surface area contributed by atoms with Crippen LogP contribution in [0.2, 0.25) is 0 Å². The van der Waals surface area contributed by atoms with E-state index < -0.39 is 6.10 Å². The van der Waals surface area contributed by atoms with Crippen molar-refractivity contribution in [1.29, 1.82) is 0 Å². The number of carbonyl (C=O) groups excluding carboxylic acids is 3. The van der Waals surface area contributed by atoms with E-state index >= 15 is 0 Å². The lowest BCUT2D eigenvalue weighted by atomic mass is 10.0. The fraction of sp³-hybridized carbons (Fsp3) is 0.926. The minimum absolute atomic E-state index is 0.0626. The highest BCUT2D eigenvalue weighted by Gasteiger charge is 2.19. The summed E-state index contributed by atoms with van der Waals surface area (Å²) in [6, 6.07) is 0. The van der Waals surface area contributed by atoms with Gasteiger partial charge in [0.1, 0.15) is 13.2 Å². The summed E-state index contributed by atoms with van der Waals surface area (Å²) in [5.74, 6) is -0.835. The van der Waals surface area contributed by atoms with Gasteiger partial charge in [-0.2, -0.15) is 0 Å². The summed E-state index contributed by atoms with van der Waals surface area (Å²) in [4.78, 5) is 38.2. The van der Waals surface area contributed by atoms with Crippen LogP contribution in [0.5, 0.6) is 0 Å². The van der Waals surface area contributed by atoms with Crippen LogP contribution in [0.25, 0.3) is 0 Å². The molecule has 0 saturated heterocycles. The maximum absolute atomic E-state index is 12.9. The Morgan fingerprint density at radius 3 is 0.676 bits per heavy atom. The Morgan fingerprint density at radius 2 is 0.446 bits per heavy atom. The van der Waals surface area contributed by atoms with E-state index in [1.54, 1.807) is 0 Å². The van der Waals surface area contributed by atoms with Crippen LogP contribution >= 0.6 is 0 Å². The lowest BCUT2D eigenvalue weighted by Gasteiger charge is -2.18. The molecule has 438 valence electrons. The molecule has 1 unspecified atom stereocenters. The summed E-state index contributed by atoms with van der Waals surface area (Å²) in [6.45, 7) is 6.69. The number of allylic oxidation sites excluding steroid dienone is 2. The third-order valence-corrected chi connectivity index (χ3v) is 15.5. The number of hydrogen-bond acceptors (Lipinski definition) is 6. The Labute approximate surface area is 462 Å². The van der Waals surface area contributed by atoms with E-state index in [4.69, 9.17) is 14.2 Å². The Morgan fingerprint density at radius 1 is 0.257 bits per heavy atom. The van der Waals surface area contributed by atoms with Crippen LogP contribution in [0.3, 0.4) is 0 Å². The second kappa shape index (κ2) is 63.7. The highest BCUT2D eigenvalue weighted by Crippen LogP contribution is 2.18. The zero-order chi connectivity index (χ0) is 53.6. The smallest absolute Gasteiger partial charge is 0.306 e. The molecule has 0 aromatic heterocycles. The van der Waals surface area contributed by atoms with Crippen LogP contribution in [0.15, 0.2) is 12.2 Å². The first-order valence-electron chi connectivity index (χ1n) is 33.7. The van der Waals surface area contributed by atoms with Gasteiger partial charge in [0.05, 0.1) is 0 Å². The van der Waals surface area contributed by atoms with Crippen molar-refractivity contribution in [3.8, 4) is 0 Å². The fourth-order valence-electron chi connectivity index (χ4n) is 10.4. The van der Waals surface area contributed by atoms with Gasteiger partial charge in [-0.15, -0.1) is 0 Å². The van der Waals surface area contributed by atoms with Gasteiger partial charge < -0.3 is 14.2 Å². The summed E-state index contributed by atoms with van der Waals surface area (Å²) in [5.41, 5.74) is 0. The molecule has 0 amide bonds. The van der Waals surface area contributed by atoms with Crippen LogP contribution in [-0.2, 0) is 28.6 Å². The van der Waals surface area contributed by atoms with Gasteiger partial charge in [-0.3, -0.25) is 14.4 Å². The zero-order valence-corrected chi connectivity index (χ0v) is 50.4. The van der Waals surface area contributed by atoms with Gasteiger partial charge >= 0.3 is 17.9 Å². The first kappa shape index (κ1) is 72.2. The summed E-state index contributed by atoms with van der Waals surface area (Å²) in [6.07, 6.45) is 75.4. The topological polar surface area (TPSA) is 78.9 Å². The normalized spacial score (nSPS) is 12.0. The van der Waals surface area contributed by atoms with Gasteiger partial charge in [0, 0.05) is 19.3 Å². The average molecular weight is 1040 g/mol. The lowest BCUT2D eigenvalue weighted by Crippen LogP contribution is -2.30. The molecule has 0 aliphatic carbocycles. The highest BCUT2D eigenvalue weighted by molar-refractivity contribution is 5.71. The minimum Gasteiger partial charge on any atom is -0.462 e. The molecular weight excluding hydrogens is 913 g/mol. The van der Waals surface area contributed by atoms with Gasteiger partial charge in [0.25, 0.3) is 0 Å². The van der Waals surface area contributed by atoms with Crippen molar-refractivity contribution >= 4 is 17.9 Å². The van der Waals surface area contributed by atoms with Crippen molar-refractivity contribution < 1.29 is 28.6 Å². The van der Waals surface area contributed by atoms with Crippen molar-refractivity contribution in [1.82, 2.24) is 0 Å². The minimum atomic E-state index is -0.763. The van der Waals surface area contributed by atoms with Crippen LogP contribution in [0, 0.1) is 0 Å². The van der Waals surface area contributed by atoms with Crippen LogP contribution in [0.4, 0.5) is 0 Å². The lowest BCUT2D eigenvalue weighted by molar-refractivity contribution is -0.167. The average Bonchev–Trinajstić information content (AvgIpc) is 3.40. The summed E-state index contributed by atoms with van der Waals surface area (Å²) >= 11 is 0. The molecule has 0 rings (SSSR count). The molecule has 0 heterocycles. The molecule has 74 heavy (non-hydrogen) atoms. The molecule has 0 aromatic carbocycles. The molecule has 1 atom stereocenters. The molecule has 0 fully saturated rings. The van der Waals surface area contributed by atoms with Crippen molar-refractivity contribution in [2.24, 2.45) is 0 Å². The summed E-state index contributed by atoms with van der Waals surface area (Å²) in [7, 11) is 0. The van der Waals surface area contributed by atoms with Gasteiger partial charge in [0.2, 0.25) is 0 Å². The van der Waals surface area contributed by atoms with Gasteiger partial charge in [-0.25, -0.2) is 0 Å². The van der Waals surface area contributed by atoms with E-state index in [0.29, 0.717) is 19.3 Å². The summed E-state index contributed by atoms with van der Waals surface area (Å²) < 4.78 is 16.9. The monoisotopic (exact) mass is 1040 g/mol. The maximum atomic E-state index is 12.9. The van der Waals surface area contributed by atoms with Gasteiger partial charge in [-0.1, -0.05) is 335 Å². The molecule has 0 aliphatic heterocycles. The fourth-order valence-corrected chi connectivity index (χ4v) is 10.4. The number of carbonyl (C=O) groups is 3. The van der Waals surface area contributed by atoms with Gasteiger partial charge in [-0.05, 0) is 44.9 Å². The molecule has 0 N–H and O–H groups in total. The van der Waals surface area contributed by atoms with Crippen molar-refractivity contribution in [3.63, 3.8) is 0 Å². The third-order valence-electron chi connectivity index (χ3n) is 15.5. The molecule has 0 aliphatic rings. The Kier molecular flexibility index (Phi) is 62.1. The first-order valence-corrected chi connectivity index (χ1v) is 33.7. The molecule has 6 heteroatoms. The molecule has 6 nitrogen and oxygen atoms in total. The van der Waals surface area contributed by atoms with Crippen LogP contribution < -0.4 is 0 Å². The molecule has 0 bridgehead atoms. The molecular formula is C68H130O6. The van der Waals surface area contributed by atoms with E-state index in [0.717, 1.165) is 57.8 Å². The van der Waals surface area contributed by atoms with E-state index in [-0.39, 0.29) is 31.1 Å². The van der Waals surface area contributed by atoms with E-state index in [9.17, 15) is 14.4 Å². The van der Waals surface area contributed by atoms with Crippen molar-refractivity contribution in [2.75, 3.05) is 13.2 Å². The van der Waals surface area contributed by atoms with E-state index in [1.165, 1.54) is 289 Å². The SMILES string of the molecule is CCCCCCCCCC/C=C\CCCCCCCCCCCCCCCCCCCCCC(=O)OCC(COC(=O)CCCCCCCCCCC)OC(=O)CCCCCCCCCCCCCCCCCC. The second-order valence-electron chi connectivity index (χ2n) is 23.1. The highest BCUT2D eigenvalue weighted by atomic mass is 16.6. The van der Waals surface area contributed by atoms with E-state index in [1.807, 2.05) is 0 Å².